The molecule has 0 spiro atoms. The number of amides is 3. The summed E-state index contributed by atoms with van der Waals surface area (Å²) < 4.78 is 52.9. The van der Waals surface area contributed by atoms with Crippen molar-refractivity contribution >= 4 is 34.7 Å². The van der Waals surface area contributed by atoms with Crippen molar-refractivity contribution in [2.45, 2.75) is 176 Å². The maximum atomic E-state index is 14.1. The fourth-order valence-electron chi connectivity index (χ4n) is 9.30. The van der Waals surface area contributed by atoms with E-state index in [1.165, 1.54) is 13.8 Å². The quantitative estimate of drug-likeness (QED) is 0.0419. The molecule has 1 saturated carbocycles. The predicted molar refractivity (Wildman–Crippen MR) is 241 cm³/mol. The molecule has 404 valence electrons. The first-order chi connectivity index (χ1) is 34.3. The standard InChI is InChI=1S/C46H67N3O23/c1-5-8-27(42(61)62)67-39-31(49-21(4)53)44(70-29(16-50)33(39)55)69-28-15-23(14-25(48-20(3)52)38(28)72-46-36(58)35(57)32(54)19(2)66-46)41(60)47-11-12-64-45-37(59)40(34(56)30(17-51)71-45)65-18-24-13-22-9-6-7-10-26(22)68-43(24)63/h6-7,9-10,13,19,23,25,27-40,44-46,50-51,54-59H,5,8,11-12,14-18H2,1-4H3,(H,47,60)(H,48,52)(H,49,53)(H,61,62)/t19?,23?,25?,27-,28+,29?,30?,31?,32+,33-,34+,35?,36?,37?,38?,39?,40?,44+,45-,46-/m0/s1. The van der Waals surface area contributed by atoms with E-state index in [-0.39, 0.29) is 38.0 Å². The van der Waals surface area contributed by atoms with Crippen LogP contribution in [0, 0.1) is 5.92 Å². The van der Waals surface area contributed by atoms with Crippen LogP contribution in [-0.4, -0.2) is 212 Å². The second-order valence-electron chi connectivity index (χ2n) is 18.3. The first-order valence-electron chi connectivity index (χ1n) is 23.8. The number of aliphatic hydroxyl groups excluding tert-OH is 8. The van der Waals surface area contributed by atoms with E-state index in [4.69, 9.17) is 42.3 Å². The summed E-state index contributed by atoms with van der Waals surface area (Å²) in [4.78, 5) is 64.4. The van der Waals surface area contributed by atoms with Crippen LogP contribution in [0.1, 0.15) is 58.9 Å². The molecule has 26 heteroatoms. The number of carbonyl (C=O) groups excluding carboxylic acids is 3. The summed E-state index contributed by atoms with van der Waals surface area (Å²) in [5.74, 6) is -4.36. The summed E-state index contributed by atoms with van der Waals surface area (Å²) in [6, 6.07) is 5.68. The van der Waals surface area contributed by atoms with Crippen molar-refractivity contribution in [1.82, 2.24) is 16.0 Å². The van der Waals surface area contributed by atoms with Gasteiger partial charge < -0.3 is 104 Å². The van der Waals surface area contributed by atoms with E-state index in [0.717, 1.165) is 6.92 Å². The molecule has 4 aliphatic rings. The number of rotatable bonds is 21. The van der Waals surface area contributed by atoms with Gasteiger partial charge in [0.05, 0.1) is 50.2 Å². The molecular weight excluding hydrogens is 963 g/mol. The highest BCUT2D eigenvalue weighted by Crippen LogP contribution is 2.36. The monoisotopic (exact) mass is 1030 g/mol. The maximum Gasteiger partial charge on any atom is 0.341 e. The lowest BCUT2D eigenvalue weighted by atomic mass is 9.80. The highest BCUT2D eigenvalue weighted by molar-refractivity contribution is 5.79. The molecule has 3 amide bonds. The summed E-state index contributed by atoms with van der Waals surface area (Å²) in [5, 5.41) is 104. The average Bonchev–Trinajstić information content (AvgIpc) is 3.33. The number of fused-ring (bicyclic) bond motifs is 1. The van der Waals surface area contributed by atoms with Crippen LogP contribution in [0.2, 0.25) is 0 Å². The van der Waals surface area contributed by atoms with Gasteiger partial charge in [-0.05, 0) is 38.3 Å². The molecular formula is C46H67N3O23. The summed E-state index contributed by atoms with van der Waals surface area (Å²) in [6.07, 6.45) is -26.1. The van der Waals surface area contributed by atoms with Crippen LogP contribution >= 0.6 is 0 Å². The summed E-state index contributed by atoms with van der Waals surface area (Å²) in [7, 11) is 0. The number of nitrogens with one attached hydrogen (secondary N) is 3. The molecule has 3 saturated heterocycles. The Kier molecular flexibility index (Phi) is 20.4. The van der Waals surface area contributed by atoms with Gasteiger partial charge in [-0.25, -0.2) is 9.59 Å². The van der Waals surface area contributed by atoms with E-state index in [1.807, 2.05) is 0 Å². The zero-order valence-electron chi connectivity index (χ0n) is 40.0. The van der Waals surface area contributed by atoms with Gasteiger partial charge in [0.2, 0.25) is 17.7 Å². The van der Waals surface area contributed by atoms with Crippen molar-refractivity contribution in [3.63, 3.8) is 0 Å². The molecule has 12 unspecified atom stereocenters. The van der Waals surface area contributed by atoms with E-state index in [1.54, 1.807) is 37.3 Å². The number of carboxylic acids is 1. The number of aliphatic carboxylic acids is 1. The molecule has 6 rings (SSSR count). The number of carboxylic acid groups (broad SMARTS) is 1. The Labute approximate surface area is 412 Å². The maximum absolute atomic E-state index is 14.1. The van der Waals surface area contributed by atoms with Crippen LogP contribution in [0.4, 0.5) is 0 Å². The second-order valence-corrected chi connectivity index (χ2v) is 18.3. The van der Waals surface area contributed by atoms with E-state index in [2.05, 4.69) is 16.0 Å². The molecule has 1 aromatic heterocycles. The number of para-hydroxylation sites is 1. The Morgan fingerprint density at radius 3 is 2.08 bits per heavy atom. The molecule has 2 aromatic rings. The zero-order valence-corrected chi connectivity index (χ0v) is 40.0. The van der Waals surface area contributed by atoms with Gasteiger partial charge in [-0.3, -0.25) is 14.4 Å². The molecule has 26 nitrogen and oxygen atoms in total. The highest BCUT2D eigenvalue weighted by Gasteiger charge is 2.53. The zero-order chi connectivity index (χ0) is 52.6. The molecule has 4 fully saturated rings. The minimum absolute atomic E-state index is 0.00737. The van der Waals surface area contributed by atoms with Crippen molar-refractivity contribution in [2.24, 2.45) is 5.92 Å². The van der Waals surface area contributed by atoms with Gasteiger partial charge in [-0.15, -0.1) is 0 Å². The summed E-state index contributed by atoms with van der Waals surface area (Å²) in [6.45, 7) is 2.91. The number of hydrogen-bond acceptors (Lipinski definition) is 22. The topological polar surface area (TPSA) is 390 Å². The van der Waals surface area contributed by atoms with Gasteiger partial charge in [-0.1, -0.05) is 31.5 Å². The molecule has 0 radical (unpaired) electrons. The lowest BCUT2D eigenvalue weighted by Gasteiger charge is -2.49. The predicted octanol–water partition coefficient (Wildman–Crippen LogP) is -4.02. The third kappa shape index (κ3) is 13.7. The van der Waals surface area contributed by atoms with Gasteiger partial charge in [0.15, 0.2) is 25.0 Å². The fourth-order valence-corrected chi connectivity index (χ4v) is 9.30. The van der Waals surface area contributed by atoms with E-state index >= 15 is 0 Å². The van der Waals surface area contributed by atoms with Gasteiger partial charge in [0, 0.05) is 31.7 Å². The lowest BCUT2D eigenvalue weighted by Crippen LogP contribution is -2.68. The Bertz CT molecular complexity index is 2190. The van der Waals surface area contributed by atoms with Crippen LogP contribution in [0.25, 0.3) is 11.0 Å². The van der Waals surface area contributed by atoms with Crippen molar-refractivity contribution in [1.29, 1.82) is 0 Å². The third-order valence-electron chi connectivity index (χ3n) is 13.0. The normalized spacial score (nSPS) is 36.6. The Morgan fingerprint density at radius 2 is 1.43 bits per heavy atom. The smallest absolute Gasteiger partial charge is 0.341 e. The van der Waals surface area contributed by atoms with E-state index < -0.39 is 171 Å². The van der Waals surface area contributed by atoms with E-state index in [9.17, 15) is 69.9 Å². The minimum Gasteiger partial charge on any atom is -0.479 e. The number of aliphatic hydroxyl groups is 8. The molecule has 12 N–H and O–H groups in total. The van der Waals surface area contributed by atoms with Crippen molar-refractivity contribution < 1.29 is 107 Å². The molecule has 0 bridgehead atoms. The molecule has 72 heavy (non-hydrogen) atoms. The van der Waals surface area contributed by atoms with Crippen LogP contribution in [0.15, 0.2) is 39.5 Å². The summed E-state index contributed by atoms with van der Waals surface area (Å²) in [5.41, 5.74) is -0.275. The second kappa shape index (κ2) is 25.7. The van der Waals surface area contributed by atoms with Gasteiger partial charge in [0.1, 0.15) is 78.8 Å². The van der Waals surface area contributed by atoms with Gasteiger partial charge in [0.25, 0.3) is 0 Å². The van der Waals surface area contributed by atoms with E-state index in [0.29, 0.717) is 17.4 Å². The first-order valence-corrected chi connectivity index (χ1v) is 23.8. The Balaban J connectivity index is 1.20. The van der Waals surface area contributed by atoms with Crippen LogP contribution < -0.4 is 21.6 Å². The van der Waals surface area contributed by atoms with Gasteiger partial charge in [-0.2, -0.15) is 0 Å². The van der Waals surface area contributed by atoms with Crippen LogP contribution in [-0.2, 0) is 63.7 Å². The van der Waals surface area contributed by atoms with Crippen LogP contribution in [0.3, 0.4) is 0 Å². The van der Waals surface area contributed by atoms with Crippen molar-refractivity contribution in [3.05, 3.63) is 46.3 Å². The fraction of sp³-hybridized carbons (Fsp3) is 0.717. The van der Waals surface area contributed by atoms with Crippen molar-refractivity contribution in [3.8, 4) is 0 Å². The molecule has 4 heterocycles. The number of benzene rings is 1. The molecule has 20 atom stereocenters. The third-order valence-corrected chi connectivity index (χ3v) is 13.0. The van der Waals surface area contributed by atoms with Crippen LogP contribution in [0.5, 0.6) is 0 Å². The highest BCUT2D eigenvalue weighted by atomic mass is 16.7. The number of ether oxygens (including phenoxy) is 8. The molecule has 1 aliphatic carbocycles. The average molecular weight is 1030 g/mol. The lowest BCUT2D eigenvalue weighted by molar-refractivity contribution is -0.335. The Hall–Kier alpha value is -4.33. The summed E-state index contributed by atoms with van der Waals surface area (Å²) >= 11 is 0. The van der Waals surface area contributed by atoms with Crippen molar-refractivity contribution in [2.75, 3.05) is 26.4 Å². The first kappa shape index (κ1) is 57.0. The Morgan fingerprint density at radius 1 is 0.764 bits per heavy atom. The van der Waals surface area contributed by atoms with Gasteiger partial charge >= 0.3 is 11.6 Å². The number of hydrogen-bond donors (Lipinski definition) is 12. The molecule has 1 aromatic carbocycles. The minimum atomic E-state index is -1.84. The number of carbonyl (C=O) groups is 4. The largest absolute Gasteiger partial charge is 0.479 e. The SMILES string of the molecule is CCC[C@H](OC1C(NC(C)=O)[C@H](O[C@@H]2CC(C(=O)NCCO[C@H]3OC(CO)[C@@H](O)C(OCc4cc5ccccc5oc4=O)C3O)CC(NC(C)=O)C2O[C@@H]2OC(C)[C@@H](O)C(O)C2O)OC(CO)[C@@H]1O)C(=O)O. The molecule has 3 aliphatic heterocycles.